The van der Waals surface area contributed by atoms with Gasteiger partial charge in [-0.05, 0) is 40.5 Å². The Morgan fingerprint density at radius 2 is 2.05 bits per heavy atom. The molecule has 0 aliphatic rings. The zero-order valence-corrected chi connectivity index (χ0v) is 13.4. The Bertz CT molecular complexity index is 580. The predicted octanol–water partition coefficient (Wildman–Crippen LogP) is 2.25. The number of nitrogens with two attached hydrogens (primary N) is 1. The van der Waals surface area contributed by atoms with E-state index in [1.54, 1.807) is 7.11 Å². The lowest BCUT2D eigenvalue weighted by Gasteiger charge is -2.17. The zero-order chi connectivity index (χ0) is 14.7. The van der Waals surface area contributed by atoms with Crippen molar-refractivity contribution < 1.29 is 4.74 Å². The number of halogens is 1. The van der Waals surface area contributed by atoms with Gasteiger partial charge in [-0.1, -0.05) is 12.1 Å². The number of hydrazine groups is 1. The van der Waals surface area contributed by atoms with Crippen molar-refractivity contribution in [1.29, 1.82) is 0 Å². The van der Waals surface area contributed by atoms with Crippen LogP contribution in [0.15, 0.2) is 28.7 Å². The summed E-state index contributed by atoms with van der Waals surface area (Å²) in [7, 11) is 3.60. The summed E-state index contributed by atoms with van der Waals surface area (Å²) in [4.78, 5) is 0. The number of aryl methyl sites for hydroxylation is 2. The summed E-state index contributed by atoms with van der Waals surface area (Å²) >= 11 is 3.58. The molecule has 0 amide bonds. The summed E-state index contributed by atoms with van der Waals surface area (Å²) in [5.41, 5.74) is 6.07. The third-order valence-corrected chi connectivity index (χ3v) is 4.41. The van der Waals surface area contributed by atoms with Gasteiger partial charge in [-0.25, -0.2) is 0 Å². The highest BCUT2D eigenvalue weighted by molar-refractivity contribution is 9.10. The number of methoxy groups -OCH3 is 1. The highest BCUT2D eigenvalue weighted by atomic mass is 79.9. The molecular weight excluding hydrogens is 320 g/mol. The Balaban J connectivity index is 2.23. The first-order valence-electron chi connectivity index (χ1n) is 6.34. The van der Waals surface area contributed by atoms with Gasteiger partial charge in [0.2, 0.25) is 0 Å². The zero-order valence-electron chi connectivity index (χ0n) is 11.9. The Kier molecular flexibility index (Phi) is 4.80. The summed E-state index contributed by atoms with van der Waals surface area (Å²) in [5.74, 6) is 6.54. The molecule has 6 heteroatoms. The number of benzene rings is 1. The molecule has 1 atom stereocenters. The monoisotopic (exact) mass is 338 g/mol. The van der Waals surface area contributed by atoms with Crippen LogP contribution in [0.25, 0.3) is 0 Å². The van der Waals surface area contributed by atoms with Gasteiger partial charge in [0.15, 0.2) is 0 Å². The fourth-order valence-electron chi connectivity index (χ4n) is 2.20. The minimum atomic E-state index is 0.0204. The second-order valence-corrected chi connectivity index (χ2v) is 5.46. The lowest BCUT2D eigenvalue weighted by atomic mass is 10.0. The average molecular weight is 339 g/mol. The third-order valence-electron chi connectivity index (χ3n) is 3.38. The number of hydrogen-bond donors (Lipinski definition) is 2. The molecule has 1 aromatic heterocycles. The SMILES string of the molecule is COc1ccc(C(Cc2c(Br)c(C)nn2C)NN)cc1. The van der Waals surface area contributed by atoms with E-state index in [9.17, 15) is 0 Å². The molecule has 0 aliphatic carbocycles. The van der Waals surface area contributed by atoms with Crippen LogP contribution < -0.4 is 16.0 Å². The average Bonchev–Trinajstić information content (AvgIpc) is 2.70. The molecule has 1 aromatic carbocycles. The standard InChI is InChI=1S/C14H19BrN4O/c1-9-14(15)13(19(2)18-9)8-12(17-16)10-4-6-11(20-3)7-5-10/h4-7,12,17H,8,16H2,1-3H3. The molecule has 0 saturated heterocycles. The van der Waals surface area contributed by atoms with Gasteiger partial charge >= 0.3 is 0 Å². The van der Waals surface area contributed by atoms with Gasteiger partial charge in [0.25, 0.3) is 0 Å². The quantitative estimate of drug-likeness (QED) is 0.648. The van der Waals surface area contributed by atoms with E-state index in [1.807, 2.05) is 42.9 Å². The maximum absolute atomic E-state index is 5.70. The van der Waals surface area contributed by atoms with E-state index in [-0.39, 0.29) is 6.04 Å². The first kappa shape index (κ1) is 15.0. The van der Waals surface area contributed by atoms with Crippen molar-refractivity contribution in [3.63, 3.8) is 0 Å². The molecule has 0 aliphatic heterocycles. The predicted molar refractivity (Wildman–Crippen MR) is 82.4 cm³/mol. The van der Waals surface area contributed by atoms with Crippen molar-refractivity contribution in [3.8, 4) is 5.75 Å². The van der Waals surface area contributed by atoms with Gasteiger partial charge in [0, 0.05) is 13.5 Å². The molecular formula is C14H19BrN4O. The van der Waals surface area contributed by atoms with Crippen molar-refractivity contribution in [2.24, 2.45) is 12.9 Å². The van der Waals surface area contributed by atoms with E-state index >= 15 is 0 Å². The van der Waals surface area contributed by atoms with Crippen LogP contribution in [0.3, 0.4) is 0 Å². The van der Waals surface area contributed by atoms with E-state index in [2.05, 4.69) is 26.5 Å². The minimum absolute atomic E-state index is 0.0204. The summed E-state index contributed by atoms with van der Waals surface area (Å²) in [6.07, 6.45) is 0.751. The van der Waals surface area contributed by atoms with Gasteiger partial charge in [-0.15, -0.1) is 0 Å². The molecule has 108 valence electrons. The fraction of sp³-hybridized carbons (Fsp3) is 0.357. The van der Waals surface area contributed by atoms with Crippen LogP contribution >= 0.6 is 15.9 Å². The second-order valence-electron chi connectivity index (χ2n) is 4.67. The molecule has 0 saturated carbocycles. The molecule has 1 heterocycles. The fourth-order valence-corrected chi connectivity index (χ4v) is 2.70. The highest BCUT2D eigenvalue weighted by Gasteiger charge is 2.17. The number of ether oxygens (including phenoxy) is 1. The first-order chi connectivity index (χ1) is 9.56. The Morgan fingerprint density at radius 1 is 1.40 bits per heavy atom. The maximum Gasteiger partial charge on any atom is 0.118 e. The molecule has 2 aromatic rings. The van der Waals surface area contributed by atoms with Crippen LogP contribution in [0.5, 0.6) is 5.75 Å². The normalized spacial score (nSPS) is 12.4. The van der Waals surface area contributed by atoms with Crippen LogP contribution in [-0.4, -0.2) is 16.9 Å². The summed E-state index contributed by atoms with van der Waals surface area (Å²) < 4.78 is 8.09. The molecule has 0 fully saturated rings. The topological polar surface area (TPSA) is 65.1 Å². The van der Waals surface area contributed by atoms with E-state index < -0.39 is 0 Å². The smallest absolute Gasteiger partial charge is 0.118 e. The van der Waals surface area contributed by atoms with Crippen molar-refractivity contribution in [2.45, 2.75) is 19.4 Å². The molecule has 1 unspecified atom stereocenters. The molecule has 20 heavy (non-hydrogen) atoms. The largest absolute Gasteiger partial charge is 0.497 e. The lowest BCUT2D eigenvalue weighted by molar-refractivity contribution is 0.414. The van der Waals surface area contributed by atoms with Crippen LogP contribution in [0.2, 0.25) is 0 Å². The Hall–Kier alpha value is -1.37. The van der Waals surface area contributed by atoms with Crippen molar-refractivity contribution in [3.05, 3.63) is 45.7 Å². The first-order valence-corrected chi connectivity index (χ1v) is 7.14. The second kappa shape index (κ2) is 6.39. The van der Waals surface area contributed by atoms with Crippen LogP contribution in [0, 0.1) is 6.92 Å². The van der Waals surface area contributed by atoms with Crippen LogP contribution in [-0.2, 0) is 13.5 Å². The Morgan fingerprint density at radius 3 is 2.50 bits per heavy atom. The molecule has 0 spiro atoms. The van der Waals surface area contributed by atoms with Gasteiger partial charge in [-0.3, -0.25) is 16.0 Å². The third kappa shape index (κ3) is 3.03. The van der Waals surface area contributed by atoms with Gasteiger partial charge in [0.1, 0.15) is 5.75 Å². The number of rotatable bonds is 5. The Labute approximate surface area is 127 Å². The van der Waals surface area contributed by atoms with Crippen molar-refractivity contribution in [2.75, 3.05) is 7.11 Å². The number of hydrogen-bond acceptors (Lipinski definition) is 4. The summed E-state index contributed by atoms with van der Waals surface area (Å²) in [6, 6.07) is 7.92. The van der Waals surface area contributed by atoms with Crippen molar-refractivity contribution >= 4 is 15.9 Å². The van der Waals surface area contributed by atoms with Gasteiger partial charge < -0.3 is 4.74 Å². The molecule has 0 bridgehead atoms. The molecule has 2 rings (SSSR count). The molecule has 3 N–H and O–H groups in total. The number of nitrogens with zero attached hydrogens (tertiary/aromatic N) is 2. The van der Waals surface area contributed by atoms with Gasteiger partial charge in [0.05, 0.1) is 29.0 Å². The maximum atomic E-state index is 5.70. The van der Waals surface area contributed by atoms with E-state index in [0.29, 0.717) is 0 Å². The molecule has 5 nitrogen and oxygen atoms in total. The lowest BCUT2D eigenvalue weighted by Crippen LogP contribution is -2.30. The van der Waals surface area contributed by atoms with Crippen molar-refractivity contribution in [1.82, 2.24) is 15.2 Å². The minimum Gasteiger partial charge on any atom is -0.497 e. The number of aromatic nitrogens is 2. The number of nitrogens with one attached hydrogen (secondary N) is 1. The highest BCUT2D eigenvalue weighted by Crippen LogP contribution is 2.26. The van der Waals surface area contributed by atoms with E-state index in [1.165, 1.54) is 0 Å². The van der Waals surface area contributed by atoms with Crippen LogP contribution in [0.4, 0.5) is 0 Å². The summed E-state index contributed by atoms with van der Waals surface area (Å²) in [5, 5.41) is 4.40. The molecule has 0 radical (unpaired) electrons. The van der Waals surface area contributed by atoms with E-state index in [0.717, 1.165) is 33.6 Å². The van der Waals surface area contributed by atoms with Gasteiger partial charge in [-0.2, -0.15) is 5.10 Å². The summed E-state index contributed by atoms with van der Waals surface area (Å²) in [6.45, 7) is 1.98. The van der Waals surface area contributed by atoms with E-state index in [4.69, 9.17) is 10.6 Å². The van der Waals surface area contributed by atoms with Crippen LogP contribution in [0.1, 0.15) is 23.0 Å².